The van der Waals surface area contributed by atoms with Gasteiger partial charge in [0, 0.05) is 13.1 Å². The number of hydrogen-bond acceptors (Lipinski definition) is 3. The molecule has 5 heteroatoms. The summed E-state index contributed by atoms with van der Waals surface area (Å²) in [5.41, 5.74) is 6.15. The van der Waals surface area contributed by atoms with Crippen LogP contribution in [-0.4, -0.2) is 15.0 Å². The van der Waals surface area contributed by atoms with Crippen LogP contribution in [0.5, 0.6) is 0 Å². The summed E-state index contributed by atoms with van der Waals surface area (Å²) in [6, 6.07) is 6.82. The maximum atomic E-state index is 12.2. The van der Waals surface area contributed by atoms with Crippen LogP contribution in [0, 0.1) is 5.41 Å². The van der Waals surface area contributed by atoms with Gasteiger partial charge in [0.2, 0.25) is 10.0 Å². The highest BCUT2D eigenvalue weighted by atomic mass is 32.2. The first-order chi connectivity index (χ1) is 8.32. The Hall–Kier alpha value is -0.910. The Balaban J connectivity index is 2.94. The van der Waals surface area contributed by atoms with Crippen molar-refractivity contribution >= 4 is 10.0 Å². The van der Waals surface area contributed by atoms with Crippen LogP contribution in [0.25, 0.3) is 0 Å². The molecule has 0 heterocycles. The largest absolute Gasteiger partial charge is 0.326 e. The van der Waals surface area contributed by atoms with E-state index in [0.29, 0.717) is 12.1 Å². The molecule has 1 aromatic carbocycles. The molecular weight excluding hydrogens is 248 g/mol. The molecule has 4 nitrogen and oxygen atoms in total. The Kier molecular flexibility index (Phi) is 4.90. The Bertz CT molecular complexity index is 495. The van der Waals surface area contributed by atoms with Gasteiger partial charge in [-0.05, 0) is 23.5 Å². The van der Waals surface area contributed by atoms with Crippen molar-refractivity contribution in [3.05, 3.63) is 29.8 Å². The van der Waals surface area contributed by atoms with Crippen molar-refractivity contribution < 1.29 is 8.42 Å². The van der Waals surface area contributed by atoms with Gasteiger partial charge >= 0.3 is 0 Å². The van der Waals surface area contributed by atoms with Gasteiger partial charge in [-0.1, -0.05) is 39.0 Å². The van der Waals surface area contributed by atoms with Crippen LogP contribution < -0.4 is 10.5 Å². The zero-order valence-electron chi connectivity index (χ0n) is 11.2. The molecule has 0 bridgehead atoms. The molecule has 0 radical (unpaired) electrons. The van der Waals surface area contributed by atoms with Crippen LogP contribution in [0.3, 0.4) is 0 Å². The zero-order valence-corrected chi connectivity index (χ0v) is 12.0. The second-order valence-electron chi connectivity index (χ2n) is 5.15. The summed E-state index contributed by atoms with van der Waals surface area (Å²) in [5.74, 6) is 0. The average Bonchev–Trinajstić information content (AvgIpc) is 2.37. The van der Waals surface area contributed by atoms with Gasteiger partial charge in [-0.15, -0.1) is 0 Å². The fraction of sp³-hybridized carbons (Fsp3) is 0.538. The molecule has 18 heavy (non-hydrogen) atoms. The SMILES string of the molecule is CCC(C)(C)CNS(=O)(=O)c1ccccc1CN. The summed E-state index contributed by atoms with van der Waals surface area (Å²) in [5, 5.41) is 0. The lowest BCUT2D eigenvalue weighted by molar-refractivity contribution is 0.350. The zero-order chi connectivity index (χ0) is 13.8. The van der Waals surface area contributed by atoms with E-state index in [1.807, 2.05) is 20.8 Å². The number of nitrogens with one attached hydrogen (secondary N) is 1. The Morgan fingerprint density at radius 3 is 2.44 bits per heavy atom. The molecule has 1 rings (SSSR count). The molecule has 1 aromatic rings. The highest BCUT2D eigenvalue weighted by Crippen LogP contribution is 2.20. The number of hydrogen-bond donors (Lipinski definition) is 2. The molecule has 0 saturated heterocycles. The van der Waals surface area contributed by atoms with Crippen molar-refractivity contribution in [2.24, 2.45) is 11.1 Å². The summed E-state index contributed by atoms with van der Waals surface area (Å²) >= 11 is 0. The standard InChI is InChI=1S/C13H22N2O2S/c1-4-13(2,3)10-15-18(16,17)12-8-6-5-7-11(12)9-14/h5-8,15H,4,9-10,14H2,1-3H3. The lowest BCUT2D eigenvalue weighted by atomic mass is 9.91. The molecule has 0 saturated carbocycles. The summed E-state index contributed by atoms with van der Waals surface area (Å²) < 4.78 is 27.1. The molecular formula is C13H22N2O2S. The molecule has 0 fully saturated rings. The van der Waals surface area contributed by atoms with E-state index in [-0.39, 0.29) is 16.9 Å². The third-order valence-electron chi connectivity index (χ3n) is 3.18. The van der Waals surface area contributed by atoms with E-state index in [2.05, 4.69) is 4.72 Å². The summed E-state index contributed by atoms with van der Waals surface area (Å²) in [4.78, 5) is 0.277. The third-order valence-corrected chi connectivity index (χ3v) is 4.68. The minimum atomic E-state index is -3.48. The van der Waals surface area contributed by atoms with E-state index < -0.39 is 10.0 Å². The smallest absolute Gasteiger partial charge is 0.240 e. The first-order valence-corrected chi connectivity index (χ1v) is 7.58. The molecule has 0 unspecified atom stereocenters. The average molecular weight is 270 g/mol. The molecule has 0 spiro atoms. The van der Waals surface area contributed by atoms with E-state index in [4.69, 9.17) is 5.73 Å². The Labute approximate surface area is 110 Å². The molecule has 0 aliphatic rings. The highest BCUT2D eigenvalue weighted by Gasteiger charge is 2.22. The normalized spacial score (nSPS) is 12.7. The summed E-state index contributed by atoms with van der Waals surface area (Å²) in [6.45, 7) is 6.75. The van der Waals surface area contributed by atoms with Gasteiger partial charge in [0.25, 0.3) is 0 Å². The van der Waals surface area contributed by atoms with Crippen LogP contribution in [0.1, 0.15) is 32.8 Å². The first kappa shape index (κ1) is 15.1. The van der Waals surface area contributed by atoms with Crippen LogP contribution in [-0.2, 0) is 16.6 Å². The lowest BCUT2D eigenvalue weighted by Crippen LogP contribution is -2.34. The van der Waals surface area contributed by atoms with Gasteiger partial charge in [0.1, 0.15) is 0 Å². The Morgan fingerprint density at radius 2 is 1.89 bits per heavy atom. The molecule has 0 atom stereocenters. The molecule has 3 N–H and O–H groups in total. The van der Waals surface area contributed by atoms with Gasteiger partial charge in [-0.3, -0.25) is 0 Å². The first-order valence-electron chi connectivity index (χ1n) is 6.10. The minimum absolute atomic E-state index is 0.0509. The minimum Gasteiger partial charge on any atom is -0.326 e. The fourth-order valence-electron chi connectivity index (χ4n) is 1.43. The van der Waals surface area contributed by atoms with Crippen LogP contribution in [0.2, 0.25) is 0 Å². The highest BCUT2D eigenvalue weighted by molar-refractivity contribution is 7.89. The second kappa shape index (κ2) is 5.82. The van der Waals surface area contributed by atoms with E-state index >= 15 is 0 Å². The van der Waals surface area contributed by atoms with E-state index in [9.17, 15) is 8.42 Å². The van der Waals surface area contributed by atoms with Crippen molar-refractivity contribution in [1.29, 1.82) is 0 Å². The van der Waals surface area contributed by atoms with Crippen molar-refractivity contribution in [2.75, 3.05) is 6.54 Å². The maximum absolute atomic E-state index is 12.2. The molecule has 0 aliphatic heterocycles. The van der Waals surface area contributed by atoms with Crippen molar-refractivity contribution in [3.63, 3.8) is 0 Å². The van der Waals surface area contributed by atoms with Crippen molar-refractivity contribution in [2.45, 2.75) is 38.6 Å². The quantitative estimate of drug-likeness (QED) is 0.828. The summed E-state index contributed by atoms with van der Waals surface area (Å²) in [6.07, 6.45) is 0.911. The number of nitrogens with two attached hydrogens (primary N) is 1. The van der Waals surface area contributed by atoms with Crippen LogP contribution in [0.4, 0.5) is 0 Å². The molecule has 0 aromatic heterocycles. The van der Waals surface area contributed by atoms with Gasteiger partial charge in [-0.25, -0.2) is 13.1 Å². The Morgan fingerprint density at radius 1 is 1.28 bits per heavy atom. The van der Waals surface area contributed by atoms with E-state index in [0.717, 1.165) is 6.42 Å². The number of benzene rings is 1. The van der Waals surface area contributed by atoms with E-state index in [1.165, 1.54) is 0 Å². The number of rotatable bonds is 6. The van der Waals surface area contributed by atoms with Crippen LogP contribution in [0.15, 0.2) is 29.2 Å². The maximum Gasteiger partial charge on any atom is 0.240 e. The van der Waals surface area contributed by atoms with Crippen molar-refractivity contribution in [1.82, 2.24) is 4.72 Å². The lowest BCUT2D eigenvalue weighted by Gasteiger charge is -2.23. The second-order valence-corrected chi connectivity index (χ2v) is 6.89. The summed E-state index contributed by atoms with van der Waals surface area (Å²) in [7, 11) is -3.48. The predicted octanol–water partition coefficient (Wildman–Crippen LogP) is 1.86. The van der Waals surface area contributed by atoms with Crippen molar-refractivity contribution in [3.8, 4) is 0 Å². The third kappa shape index (κ3) is 3.80. The number of sulfonamides is 1. The fourth-order valence-corrected chi connectivity index (χ4v) is 2.92. The van der Waals surface area contributed by atoms with Gasteiger partial charge in [0.15, 0.2) is 0 Å². The van der Waals surface area contributed by atoms with Gasteiger partial charge in [0.05, 0.1) is 4.90 Å². The topological polar surface area (TPSA) is 72.2 Å². The van der Waals surface area contributed by atoms with Gasteiger partial charge in [-0.2, -0.15) is 0 Å². The molecule has 102 valence electrons. The predicted molar refractivity (Wildman–Crippen MR) is 73.6 cm³/mol. The van der Waals surface area contributed by atoms with Gasteiger partial charge < -0.3 is 5.73 Å². The molecule has 0 aliphatic carbocycles. The van der Waals surface area contributed by atoms with Crippen LogP contribution >= 0.6 is 0 Å². The van der Waals surface area contributed by atoms with E-state index in [1.54, 1.807) is 24.3 Å². The monoisotopic (exact) mass is 270 g/mol. The molecule has 0 amide bonds.